The Hall–Kier alpha value is -1.06. The highest BCUT2D eigenvalue weighted by atomic mass is 16.3. The van der Waals surface area contributed by atoms with Gasteiger partial charge in [-0.2, -0.15) is 0 Å². The lowest BCUT2D eigenvalue weighted by molar-refractivity contribution is 0.223. The van der Waals surface area contributed by atoms with Crippen LogP contribution in [-0.2, 0) is 6.42 Å². The number of hydrogen-bond donors (Lipinski definition) is 3. The molecule has 0 aliphatic heterocycles. The Kier molecular flexibility index (Phi) is 4.43. The van der Waals surface area contributed by atoms with Gasteiger partial charge in [0, 0.05) is 12.3 Å². The minimum atomic E-state index is 0.172. The fraction of sp³-hybridized carbons (Fsp3) is 0.455. The average Bonchev–Trinajstić information content (AvgIpc) is 2.22. The van der Waals surface area contributed by atoms with E-state index in [2.05, 4.69) is 0 Å². The maximum atomic E-state index is 8.95. The molecule has 0 saturated carbocycles. The first kappa shape index (κ1) is 11.0. The predicted molar refractivity (Wildman–Crippen MR) is 58.8 cm³/mol. The number of nitrogen functional groups attached to an aromatic ring is 1. The first-order valence-corrected chi connectivity index (χ1v) is 4.91. The number of aryl methyl sites for hydroxylation is 1. The van der Waals surface area contributed by atoms with Gasteiger partial charge in [-0.1, -0.05) is 12.1 Å². The van der Waals surface area contributed by atoms with Crippen molar-refractivity contribution in [3.8, 4) is 0 Å². The third-order valence-electron chi connectivity index (χ3n) is 2.41. The lowest BCUT2D eigenvalue weighted by Crippen LogP contribution is -2.18. The summed E-state index contributed by atoms with van der Waals surface area (Å²) in [6.07, 6.45) is 1.87. The zero-order valence-corrected chi connectivity index (χ0v) is 8.32. The molecule has 14 heavy (non-hydrogen) atoms. The minimum absolute atomic E-state index is 0.172. The Bertz CT molecular complexity index is 254. The Morgan fingerprint density at radius 2 is 1.86 bits per heavy atom. The second-order valence-corrected chi connectivity index (χ2v) is 3.56. The Labute approximate surface area is 84.7 Å². The van der Waals surface area contributed by atoms with Gasteiger partial charge < -0.3 is 16.6 Å². The highest BCUT2D eigenvalue weighted by Gasteiger charge is 2.04. The smallest absolute Gasteiger partial charge is 0.0471 e. The van der Waals surface area contributed by atoms with Gasteiger partial charge in [0.25, 0.3) is 0 Å². The molecule has 3 nitrogen and oxygen atoms in total. The maximum Gasteiger partial charge on any atom is 0.0471 e. The molecule has 1 aromatic rings. The molecule has 0 aromatic heterocycles. The summed E-state index contributed by atoms with van der Waals surface area (Å²) in [6.45, 7) is 0.719. The molecule has 0 fully saturated rings. The van der Waals surface area contributed by atoms with Crippen LogP contribution in [0.5, 0.6) is 0 Å². The number of rotatable bonds is 5. The molecule has 5 N–H and O–H groups in total. The number of nitrogens with two attached hydrogens (primary N) is 2. The van der Waals surface area contributed by atoms with Crippen molar-refractivity contribution in [1.82, 2.24) is 0 Å². The molecule has 0 aliphatic carbocycles. The van der Waals surface area contributed by atoms with Crippen molar-refractivity contribution in [2.75, 3.05) is 18.9 Å². The summed E-state index contributed by atoms with van der Waals surface area (Å²) >= 11 is 0. The van der Waals surface area contributed by atoms with E-state index in [0.29, 0.717) is 6.54 Å². The molecule has 0 radical (unpaired) electrons. The SMILES string of the molecule is NCC(CO)CCc1ccc(N)cc1. The average molecular weight is 194 g/mol. The standard InChI is InChI=1S/C11H18N2O/c12-7-10(8-14)2-1-9-3-5-11(13)6-4-9/h3-6,10,14H,1-2,7-8,12-13H2. The summed E-state index contributed by atoms with van der Waals surface area (Å²) in [5.74, 6) is 0.215. The summed E-state index contributed by atoms with van der Waals surface area (Å²) in [4.78, 5) is 0. The highest BCUT2D eigenvalue weighted by Crippen LogP contribution is 2.10. The highest BCUT2D eigenvalue weighted by molar-refractivity contribution is 5.39. The van der Waals surface area contributed by atoms with Crippen molar-refractivity contribution in [1.29, 1.82) is 0 Å². The van der Waals surface area contributed by atoms with Gasteiger partial charge in [0.05, 0.1) is 0 Å². The molecular formula is C11H18N2O. The summed E-state index contributed by atoms with van der Waals surface area (Å²) < 4.78 is 0. The molecule has 1 atom stereocenters. The molecule has 0 amide bonds. The second kappa shape index (κ2) is 5.62. The first-order chi connectivity index (χ1) is 6.76. The van der Waals surface area contributed by atoms with Gasteiger partial charge in [0.15, 0.2) is 0 Å². The molecule has 0 heterocycles. The molecular weight excluding hydrogens is 176 g/mol. The maximum absolute atomic E-state index is 8.95. The fourth-order valence-corrected chi connectivity index (χ4v) is 1.34. The third kappa shape index (κ3) is 3.36. The zero-order valence-electron chi connectivity index (χ0n) is 8.32. The van der Waals surface area contributed by atoms with Crippen molar-refractivity contribution in [3.63, 3.8) is 0 Å². The van der Waals surface area contributed by atoms with E-state index in [1.807, 2.05) is 24.3 Å². The quantitative estimate of drug-likeness (QED) is 0.606. The number of aliphatic hydroxyl groups is 1. The van der Waals surface area contributed by atoms with Gasteiger partial charge in [-0.05, 0) is 43.0 Å². The molecule has 0 aliphatic rings. The van der Waals surface area contributed by atoms with Crippen LogP contribution in [0.15, 0.2) is 24.3 Å². The first-order valence-electron chi connectivity index (χ1n) is 4.91. The van der Waals surface area contributed by atoms with Gasteiger partial charge in [-0.3, -0.25) is 0 Å². The summed E-state index contributed by atoms with van der Waals surface area (Å²) in [7, 11) is 0. The van der Waals surface area contributed by atoms with Crippen LogP contribution in [0.3, 0.4) is 0 Å². The van der Waals surface area contributed by atoms with E-state index in [4.69, 9.17) is 16.6 Å². The van der Waals surface area contributed by atoms with E-state index >= 15 is 0 Å². The van der Waals surface area contributed by atoms with E-state index in [1.54, 1.807) is 0 Å². The summed E-state index contributed by atoms with van der Waals surface area (Å²) in [5.41, 5.74) is 13.1. The molecule has 0 saturated heterocycles. The van der Waals surface area contributed by atoms with Crippen LogP contribution in [0.4, 0.5) is 5.69 Å². The number of benzene rings is 1. The Balaban J connectivity index is 2.41. The molecule has 3 heteroatoms. The van der Waals surface area contributed by atoms with Crippen LogP contribution in [-0.4, -0.2) is 18.3 Å². The fourth-order valence-electron chi connectivity index (χ4n) is 1.34. The monoisotopic (exact) mass is 194 g/mol. The number of hydrogen-bond acceptors (Lipinski definition) is 3. The van der Waals surface area contributed by atoms with Gasteiger partial charge in [0.1, 0.15) is 0 Å². The van der Waals surface area contributed by atoms with E-state index in [9.17, 15) is 0 Å². The summed E-state index contributed by atoms with van der Waals surface area (Å²) in [5, 5.41) is 8.95. The third-order valence-corrected chi connectivity index (χ3v) is 2.41. The van der Waals surface area contributed by atoms with Crippen LogP contribution >= 0.6 is 0 Å². The largest absolute Gasteiger partial charge is 0.399 e. The van der Waals surface area contributed by atoms with Gasteiger partial charge >= 0.3 is 0 Å². The van der Waals surface area contributed by atoms with E-state index in [1.165, 1.54) is 5.56 Å². The van der Waals surface area contributed by atoms with Gasteiger partial charge in [-0.25, -0.2) is 0 Å². The summed E-state index contributed by atoms with van der Waals surface area (Å²) in [6, 6.07) is 7.82. The van der Waals surface area contributed by atoms with Crippen molar-refractivity contribution in [2.45, 2.75) is 12.8 Å². The zero-order chi connectivity index (χ0) is 10.4. The molecule has 1 unspecified atom stereocenters. The Morgan fingerprint density at radius 1 is 1.21 bits per heavy atom. The molecule has 0 spiro atoms. The van der Waals surface area contributed by atoms with Crippen LogP contribution in [0.2, 0.25) is 0 Å². The van der Waals surface area contributed by atoms with Crippen LogP contribution < -0.4 is 11.5 Å². The molecule has 1 rings (SSSR count). The van der Waals surface area contributed by atoms with Crippen LogP contribution in [0, 0.1) is 5.92 Å². The molecule has 1 aromatic carbocycles. The van der Waals surface area contributed by atoms with E-state index in [0.717, 1.165) is 18.5 Å². The van der Waals surface area contributed by atoms with Gasteiger partial charge in [0.2, 0.25) is 0 Å². The minimum Gasteiger partial charge on any atom is -0.399 e. The van der Waals surface area contributed by atoms with Crippen molar-refractivity contribution in [2.24, 2.45) is 11.7 Å². The lowest BCUT2D eigenvalue weighted by Gasteiger charge is -2.10. The Morgan fingerprint density at radius 3 is 2.36 bits per heavy atom. The van der Waals surface area contributed by atoms with E-state index in [-0.39, 0.29) is 12.5 Å². The second-order valence-electron chi connectivity index (χ2n) is 3.56. The van der Waals surface area contributed by atoms with Gasteiger partial charge in [-0.15, -0.1) is 0 Å². The normalized spacial score (nSPS) is 12.7. The topological polar surface area (TPSA) is 72.3 Å². The van der Waals surface area contributed by atoms with Crippen molar-refractivity contribution < 1.29 is 5.11 Å². The van der Waals surface area contributed by atoms with Crippen LogP contribution in [0.1, 0.15) is 12.0 Å². The lowest BCUT2D eigenvalue weighted by atomic mass is 10.0. The number of anilines is 1. The predicted octanol–water partition coefficient (Wildman–Crippen LogP) is 0.769. The molecule has 78 valence electrons. The van der Waals surface area contributed by atoms with Crippen molar-refractivity contribution >= 4 is 5.69 Å². The van der Waals surface area contributed by atoms with Crippen molar-refractivity contribution in [3.05, 3.63) is 29.8 Å². The molecule has 0 bridgehead atoms. The van der Waals surface area contributed by atoms with Crippen LogP contribution in [0.25, 0.3) is 0 Å². The number of aliphatic hydroxyl groups excluding tert-OH is 1. The van der Waals surface area contributed by atoms with E-state index < -0.39 is 0 Å².